The third-order valence-corrected chi connectivity index (χ3v) is 2.10. The minimum absolute atomic E-state index is 0. The van der Waals surface area contributed by atoms with Gasteiger partial charge >= 0.3 is 0 Å². The van der Waals surface area contributed by atoms with Crippen molar-refractivity contribution in [3.63, 3.8) is 0 Å². The molecule has 0 fully saturated rings. The van der Waals surface area contributed by atoms with E-state index in [0.29, 0.717) is 12.8 Å². The van der Waals surface area contributed by atoms with Crippen molar-refractivity contribution < 1.29 is 4.79 Å². The Bertz CT molecular complexity index is 349. The fourth-order valence-corrected chi connectivity index (χ4v) is 1.29. The van der Waals surface area contributed by atoms with Gasteiger partial charge in [0.25, 0.3) is 0 Å². The molecule has 0 aliphatic carbocycles. The fraction of sp³-hybridized carbons (Fsp3) is 0.600. The second-order valence-electron chi connectivity index (χ2n) is 3.86. The third kappa shape index (κ3) is 4.63. The predicted octanol–water partition coefficient (Wildman–Crippen LogP) is 1.22. The lowest BCUT2D eigenvalue weighted by molar-refractivity contribution is -0.116. The fourth-order valence-electron chi connectivity index (χ4n) is 1.29. The van der Waals surface area contributed by atoms with Gasteiger partial charge in [-0.2, -0.15) is 5.10 Å². The molecule has 0 aromatic carbocycles. The molecule has 0 spiro atoms. The number of carbonyl (C=O) groups excluding carboxylic acids is 1. The maximum absolute atomic E-state index is 11.5. The van der Waals surface area contributed by atoms with Gasteiger partial charge in [0.2, 0.25) is 5.91 Å². The van der Waals surface area contributed by atoms with Gasteiger partial charge in [0.05, 0.1) is 5.69 Å². The van der Waals surface area contributed by atoms with Gasteiger partial charge in [-0.15, -0.1) is 12.4 Å². The first-order chi connectivity index (χ1) is 6.99. The van der Waals surface area contributed by atoms with Crippen molar-refractivity contribution in [3.8, 4) is 0 Å². The van der Waals surface area contributed by atoms with Crippen molar-refractivity contribution in [1.82, 2.24) is 9.78 Å². The van der Waals surface area contributed by atoms with Crippen molar-refractivity contribution in [3.05, 3.63) is 11.8 Å². The second-order valence-corrected chi connectivity index (χ2v) is 3.86. The predicted molar refractivity (Wildman–Crippen MR) is 66.7 cm³/mol. The zero-order valence-corrected chi connectivity index (χ0v) is 10.7. The van der Waals surface area contributed by atoms with E-state index in [4.69, 9.17) is 5.73 Å². The van der Waals surface area contributed by atoms with Crippen molar-refractivity contribution in [2.75, 3.05) is 5.32 Å². The lowest BCUT2D eigenvalue weighted by atomic mass is 10.2. The summed E-state index contributed by atoms with van der Waals surface area (Å²) in [6, 6.07) is 1.90. The first-order valence-corrected chi connectivity index (χ1v) is 5.05. The quantitative estimate of drug-likeness (QED) is 0.839. The normalized spacial score (nSPS) is 11.8. The number of hydrogen-bond donors (Lipinski definition) is 2. The minimum atomic E-state index is -0.0182. The van der Waals surface area contributed by atoms with Gasteiger partial charge in [0.15, 0.2) is 0 Å². The Hall–Kier alpha value is -1.07. The van der Waals surface area contributed by atoms with E-state index >= 15 is 0 Å². The van der Waals surface area contributed by atoms with E-state index in [1.165, 1.54) is 0 Å². The monoisotopic (exact) mass is 246 g/mol. The molecule has 1 amide bonds. The van der Waals surface area contributed by atoms with Gasteiger partial charge in [0.1, 0.15) is 5.82 Å². The molecule has 0 radical (unpaired) electrons. The van der Waals surface area contributed by atoms with E-state index < -0.39 is 0 Å². The molecule has 5 nitrogen and oxygen atoms in total. The molecule has 1 aromatic rings. The molecule has 1 aromatic heterocycles. The van der Waals surface area contributed by atoms with Gasteiger partial charge in [0, 0.05) is 25.6 Å². The number of aromatic nitrogens is 2. The Morgan fingerprint density at radius 3 is 2.75 bits per heavy atom. The molecule has 92 valence electrons. The number of aryl methyl sites for hydroxylation is 2. The lowest BCUT2D eigenvalue weighted by Crippen LogP contribution is -2.20. The van der Waals surface area contributed by atoms with Crippen LogP contribution in [0.3, 0.4) is 0 Å². The van der Waals surface area contributed by atoms with E-state index in [2.05, 4.69) is 10.4 Å². The number of nitrogens with two attached hydrogens (primary N) is 1. The summed E-state index contributed by atoms with van der Waals surface area (Å²) < 4.78 is 1.65. The first kappa shape index (κ1) is 14.9. The Morgan fingerprint density at radius 2 is 2.31 bits per heavy atom. The Morgan fingerprint density at radius 1 is 1.69 bits per heavy atom. The van der Waals surface area contributed by atoms with Crippen LogP contribution in [0.4, 0.5) is 5.82 Å². The molecule has 6 heteroatoms. The number of nitrogens with zero attached hydrogens (tertiary/aromatic N) is 2. The number of nitrogens with one attached hydrogen (secondary N) is 1. The SMILES string of the molecule is Cc1cc(NC(=O)CCC(C)N)n(C)n1.Cl. The lowest BCUT2D eigenvalue weighted by Gasteiger charge is -2.06. The molecule has 0 saturated heterocycles. The van der Waals surface area contributed by atoms with Crippen LogP contribution in [0.1, 0.15) is 25.5 Å². The minimum Gasteiger partial charge on any atom is -0.328 e. The average molecular weight is 247 g/mol. The maximum Gasteiger partial charge on any atom is 0.225 e. The number of rotatable bonds is 4. The number of carbonyl (C=O) groups is 1. The van der Waals surface area contributed by atoms with Crippen LogP contribution in [0.5, 0.6) is 0 Å². The molecule has 3 N–H and O–H groups in total. The molecule has 1 unspecified atom stereocenters. The highest BCUT2D eigenvalue weighted by Gasteiger charge is 2.07. The summed E-state index contributed by atoms with van der Waals surface area (Å²) >= 11 is 0. The van der Waals surface area contributed by atoms with Gasteiger partial charge in [-0.3, -0.25) is 9.48 Å². The van der Waals surface area contributed by atoms with Crippen LogP contribution < -0.4 is 11.1 Å². The zero-order valence-electron chi connectivity index (χ0n) is 9.86. The van der Waals surface area contributed by atoms with Crippen LogP contribution in [-0.2, 0) is 11.8 Å². The number of halogens is 1. The van der Waals surface area contributed by atoms with Gasteiger partial charge < -0.3 is 11.1 Å². The van der Waals surface area contributed by atoms with E-state index in [9.17, 15) is 4.79 Å². The van der Waals surface area contributed by atoms with E-state index in [0.717, 1.165) is 11.5 Å². The molecule has 1 atom stereocenters. The molecule has 0 saturated carbocycles. The van der Waals surface area contributed by atoms with Gasteiger partial charge in [-0.1, -0.05) is 0 Å². The maximum atomic E-state index is 11.5. The summed E-state index contributed by atoms with van der Waals surface area (Å²) in [4.78, 5) is 11.5. The van der Waals surface area contributed by atoms with Crippen LogP contribution in [-0.4, -0.2) is 21.7 Å². The summed E-state index contributed by atoms with van der Waals surface area (Å²) in [6.45, 7) is 3.78. The van der Waals surface area contributed by atoms with Crippen molar-refractivity contribution in [1.29, 1.82) is 0 Å². The highest BCUT2D eigenvalue weighted by atomic mass is 35.5. The van der Waals surface area contributed by atoms with Crippen molar-refractivity contribution in [2.45, 2.75) is 32.7 Å². The first-order valence-electron chi connectivity index (χ1n) is 5.05. The van der Waals surface area contributed by atoms with E-state index in [1.807, 2.05) is 19.9 Å². The molecule has 16 heavy (non-hydrogen) atoms. The molecular weight excluding hydrogens is 228 g/mol. The molecule has 1 rings (SSSR count). The largest absolute Gasteiger partial charge is 0.328 e. The number of amides is 1. The molecule has 0 bridgehead atoms. The van der Waals surface area contributed by atoms with Gasteiger partial charge in [-0.05, 0) is 20.3 Å². The smallest absolute Gasteiger partial charge is 0.225 e. The topological polar surface area (TPSA) is 72.9 Å². The summed E-state index contributed by atoms with van der Waals surface area (Å²) in [7, 11) is 1.80. The molecular formula is C10H19ClN4O. The standard InChI is InChI=1S/C10H18N4O.ClH/c1-7(11)4-5-10(15)12-9-6-8(2)13-14(9)3;/h6-7H,4-5,11H2,1-3H3,(H,12,15);1H. The Labute approximate surface area is 102 Å². The Kier molecular flexibility index (Phi) is 6.06. The zero-order chi connectivity index (χ0) is 11.4. The van der Waals surface area contributed by atoms with Crippen LogP contribution in [0, 0.1) is 6.92 Å². The highest BCUT2D eigenvalue weighted by molar-refractivity contribution is 5.89. The average Bonchev–Trinajstić information content (AvgIpc) is 2.42. The molecule has 0 aliphatic rings. The van der Waals surface area contributed by atoms with E-state index in [-0.39, 0.29) is 24.4 Å². The summed E-state index contributed by atoms with van der Waals surface area (Å²) in [6.07, 6.45) is 1.14. The van der Waals surface area contributed by atoms with Crippen LogP contribution in [0.15, 0.2) is 6.07 Å². The molecule has 0 aliphatic heterocycles. The third-order valence-electron chi connectivity index (χ3n) is 2.10. The summed E-state index contributed by atoms with van der Waals surface area (Å²) in [5.74, 6) is 0.706. The summed E-state index contributed by atoms with van der Waals surface area (Å²) in [5, 5.41) is 6.93. The second kappa shape index (κ2) is 6.50. The summed E-state index contributed by atoms with van der Waals surface area (Å²) in [5.41, 5.74) is 6.46. The number of hydrogen-bond acceptors (Lipinski definition) is 3. The van der Waals surface area contributed by atoms with Crippen molar-refractivity contribution >= 4 is 24.1 Å². The number of anilines is 1. The van der Waals surface area contributed by atoms with Crippen LogP contribution in [0.25, 0.3) is 0 Å². The van der Waals surface area contributed by atoms with E-state index in [1.54, 1.807) is 11.7 Å². The Balaban J connectivity index is 0.00000225. The molecule has 1 heterocycles. The highest BCUT2D eigenvalue weighted by Crippen LogP contribution is 2.08. The van der Waals surface area contributed by atoms with Crippen LogP contribution in [0.2, 0.25) is 0 Å². The van der Waals surface area contributed by atoms with Gasteiger partial charge in [-0.25, -0.2) is 0 Å². The van der Waals surface area contributed by atoms with Crippen molar-refractivity contribution in [2.24, 2.45) is 12.8 Å². The van der Waals surface area contributed by atoms with Crippen LogP contribution >= 0.6 is 12.4 Å².